The van der Waals surface area contributed by atoms with Crippen LogP contribution in [0.25, 0.3) is 0 Å². The number of carbonyl (C=O) groups is 4. The monoisotopic (exact) mass is 640 g/mol. The Bertz CT molecular complexity index is 1310. The number of pyridine rings is 1. The van der Waals surface area contributed by atoms with Gasteiger partial charge in [0.1, 0.15) is 19.0 Å². The van der Waals surface area contributed by atoms with Crippen LogP contribution in [0.15, 0.2) is 47.5 Å². The van der Waals surface area contributed by atoms with Crippen LogP contribution in [0.1, 0.15) is 22.3 Å². The molecule has 2 aromatic rings. The van der Waals surface area contributed by atoms with Crippen LogP contribution in [0.2, 0.25) is 0 Å². The number of benzene rings is 1. The first-order valence-corrected chi connectivity index (χ1v) is 14.9. The van der Waals surface area contributed by atoms with E-state index in [0.717, 1.165) is 0 Å². The Kier molecular flexibility index (Phi) is 16.3. The number of aromatic nitrogens is 1. The number of sulfonamides is 1. The van der Waals surface area contributed by atoms with E-state index in [2.05, 4.69) is 20.3 Å². The maximum Gasteiger partial charge on any atom is 0.329 e. The van der Waals surface area contributed by atoms with Gasteiger partial charge in [0, 0.05) is 25.7 Å². The van der Waals surface area contributed by atoms with Crippen molar-refractivity contribution in [2.75, 3.05) is 70.7 Å². The smallest absolute Gasteiger partial charge is 0.329 e. The molecular formula is C27H36N4O12S. The summed E-state index contributed by atoms with van der Waals surface area (Å²) < 4.78 is 48.1. The predicted molar refractivity (Wildman–Crippen MR) is 154 cm³/mol. The first kappa shape index (κ1) is 36.0. The lowest BCUT2D eigenvalue weighted by atomic mass is 10.1. The Morgan fingerprint density at radius 1 is 0.727 bits per heavy atom. The number of aryl methyl sites for hydroxylation is 1. The van der Waals surface area contributed by atoms with E-state index >= 15 is 0 Å². The van der Waals surface area contributed by atoms with Gasteiger partial charge in [-0.15, -0.1) is 0 Å². The highest BCUT2D eigenvalue weighted by molar-refractivity contribution is 7.92. The average molecular weight is 641 g/mol. The SMILES string of the molecule is O=C(O)CCc1ccc(S(=O)(=O)Nc2ccc(C(=O)NCCOCCOCC(=O)NCCOCCOCC(=O)O)cn2)cc1. The lowest BCUT2D eigenvalue weighted by molar-refractivity contribution is -0.142. The third kappa shape index (κ3) is 15.4. The molecule has 0 saturated heterocycles. The van der Waals surface area contributed by atoms with Crippen molar-refractivity contribution < 1.29 is 56.8 Å². The van der Waals surface area contributed by atoms with Crippen molar-refractivity contribution in [1.82, 2.24) is 15.6 Å². The maximum absolute atomic E-state index is 12.6. The zero-order valence-corrected chi connectivity index (χ0v) is 24.7. The molecule has 0 unspecified atom stereocenters. The number of carboxylic acids is 2. The maximum atomic E-state index is 12.6. The minimum absolute atomic E-state index is 0.0157. The second-order valence-corrected chi connectivity index (χ2v) is 10.6. The summed E-state index contributed by atoms with van der Waals surface area (Å²) in [7, 11) is -3.94. The fourth-order valence-electron chi connectivity index (χ4n) is 3.29. The van der Waals surface area contributed by atoms with Crippen molar-refractivity contribution in [1.29, 1.82) is 0 Å². The highest BCUT2D eigenvalue weighted by Gasteiger charge is 2.15. The third-order valence-electron chi connectivity index (χ3n) is 5.43. The van der Waals surface area contributed by atoms with Crippen LogP contribution in [-0.2, 0) is 49.8 Å². The molecule has 1 heterocycles. The quantitative estimate of drug-likeness (QED) is 0.100. The van der Waals surface area contributed by atoms with Crippen LogP contribution in [0.3, 0.4) is 0 Å². The molecule has 16 nitrogen and oxygen atoms in total. The van der Waals surface area contributed by atoms with Gasteiger partial charge < -0.3 is 39.8 Å². The molecule has 1 aromatic heterocycles. The molecule has 2 amide bonds. The molecule has 2 rings (SSSR count). The first-order valence-electron chi connectivity index (χ1n) is 13.4. The Balaban J connectivity index is 1.55. The largest absolute Gasteiger partial charge is 0.481 e. The number of anilines is 1. The molecular weight excluding hydrogens is 604 g/mol. The number of rotatable bonds is 23. The summed E-state index contributed by atoms with van der Waals surface area (Å²) in [6.07, 6.45) is 1.45. The molecule has 44 heavy (non-hydrogen) atoms. The molecule has 0 bridgehead atoms. The minimum atomic E-state index is -3.94. The van der Waals surface area contributed by atoms with Crippen molar-refractivity contribution in [3.63, 3.8) is 0 Å². The molecule has 242 valence electrons. The van der Waals surface area contributed by atoms with Gasteiger partial charge in [-0.05, 0) is 36.2 Å². The van der Waals surface area contributed by atoms with Crippen molar-refractivity contribution in [2.45, 2.75) is 17.7 Å². The van der Waals surface area contributed by atoms with E-state index in [0.29, 0.717) is 5.56 Å². The summed E-state index contributed by atoms with van der Waals surface area (Å²) in [4.78, 5) is 48.9. The van der Waals surface area contributed by atoms with E-state index in [1.54, 1.807) is 12.1 Å². The lowest BCUT2D eigenvalue weighted by Crippen LogP contribution is -2.31. The van der Waals surface area contributed by atoms with E-state index in [-0.39, 0.29) is 94.4 Å². The number of carbonyl (C=O) groups excluding carboxylic acids is 2. The second kappa shape index (κ2) is 19.9. The Morgan fingerprint density at radius 3 is 1.93 bits per heavy atom. The summed E-state index contributed by atoms with van der Waals surface area (Å²) in [6.45, 7) is 1.04. The molecule has 0 aliphatic carbocycles. The van der Waals surface area contributed by atoms with E-state index in [1.807, 2.05) is 0 Å². The minimum Gasteiger partial charge on any atom is -0.481 e. The van der Waals surface area contributed by atoms with E-state index < -0.39 is 34.5 Å². The fraction of sp³-hybridized carbons (Fsp3) is 0.444. The van der Waals surface area contributed by atoms with Crippen molar-refractivity contribution >= 4 is 39.6 Å². The van der Waals surface area contributed by atoms with Crippen LogP contribution in [0.4, 0.5) is 5.82 Å². The van der Waals surface area contributed by atoms with Crippen LogP contribution >= 0.6 is 0 Å². The third-order valence-corrected chi connectivity index (χ3v) is 6.80. The number of aliphatic carboxylic acids is 2. The average Bonchev–Trinajstić information content (AvgIpc) is 2.98. The number of nitrogens with zero attached hydrogens (tertiary/aromatic N) is 1. The Hall–Kier alpha value is -4.16. The molecule has 0 fully saturated rings. The van der Waals surface area contributed by atoms with Crippen LogP contribution in [0, 0.1) is 0 Å². The van der Waals surface area contributed by atoms with Gasteiger partial charge in [0.15, 0.2) is 0 Å². The Labute approximate surface area is 254 Å². The summed E-state index contributed by atoms with van der Waals surface area (Å²) in [5.74, 6) is -2.75. The number of hydrogen-bond donors (Lipinski definition) is 5. The number of nitrogens with one attached hydrogen (secondary N) is 3. The van der Waals surface area contributed by atoms with Gasteiger partial charge in [-0.2, -0.15) is 0 Å². The number of hydrogen-bond acceptors (Lipinski definition) is 11. The number of carboxylic acid groups (broad SMARTS) is 2. The van der Waals surface area contributed by atoms with E-state index in [9.17, 15) is 27.6 Å². The van der Waals surface area contributed by atoms with Gasteiger partial charge in [-0.25, -0.2) is 18.2 Å². The number of amides is 2. The van der Waals surface area contributed by atoms with Crippen molar-refractivity contribution in [3.05, 3.63) is 53.7 Å². The van der Waals surface area contributed by atoms with Crippen LogP contribution in [0.5, 0.6) is 0 Å². The van der Waals surface area contributed by atoms with E-state index in [1.165, 1.54) is 30.5 Å². The van der Waals surface area contributed by atoms with Gasteiger partial charge in [0.05, 0.1) is 50.1 Å². The topological polar surface area (TPSA) is 229 Å². The molecule has 0 aliphatic rings. The van der Waals surface area contributed by atoms with Gasteiger partial charge in [0.25, 0.3) is 15.9 Å². The molecule has 0 saturated carbocycles. The molecule has 0 atom stereocenters. The molecule has 1 aromatic carbocycles. The Morgan fingerprint density at radius 2 is 1.34 bits per heavy atom. The lowest BCUT2D eigenvalue weighted by Gasteiger charge is -2.10. The fourth-order valence-corrected chi connectivity index (χ4v) is 4.30. The normalized spacial score (nSPS) is 11.1. The van der Waals surface area contributed by atoms with E-state index in [4.69, 9.17) is 29.2 Å². The highest BCUT2D eigenvalue weighted by atomic mass is 32.2. The van der Waals surface area contributed by atoms with Crippen molar-refractivity contribution in [2.24, 2.45) is 0 Å². The standard InChI is InChI=1S/C27H36N4O12S/c32-24(28-9-11-40-14-16-43-19-26(35)36)18-42-15-13-41-12-10-29-27(37)21-4-7-23(30-17-21)31-44(38,39)22-5-1-20(2-6-22)3-8-25(33)34/h1-2,4-7,17H,3,8-16,18-19H2,(H,28,32)(H,29,37)(H,30,31)(H,33,34)(H,35,36). The summed E-state index contributed by atoms with van der Waals surface area (Å²) >= 11 is 0. The zero-order valence-electron chi connectivity index (χ0n) is 23.9. The van der Waals surface area contributed by atoms with Crippen molar-refractivity contribution in [3.8, 4) is 0 Å². The summed E-state index contributed by atoms with van der Waals surface area (Å²) in [6, 6.07) is 8.61. The molecule has 0 spiro atoms. The van der Waals surface area contributed by atoms with Gasteiger partial charge in [-0.3, -0.25) is 19.1 Å². The van der Waals surface area contributed by atoms with Gasteiger partial charge >= 0.3 is 11.9 Å². The van der Waals surface area contributed by atoms with Gasteiger partial charge in [-0.1, -0.05) is 12.1 Å². The highest BCUT2D eigenvalue weighted by Crippen LogP contribution is 2.16. The second-order valence-electron chi connectivity index (χ2n) is 8.90. The zero-order chi connectivity index (χ0) is 32.2. The number of ether oxygens (including phenoxy) is 4. The van der Waals surface area contributed by atoms with Crippen LogP contribution in [-0.4, -0.2) is 113 Å². The molecule has 0 radical (unpaired) electrons. The predicted octanol–water partition coefficient (Wildman–Crippen LogP) is -0.103. The summed E-state index contributed by atoms with van der Waals surface area (Å²) in [5, 5.41) is 22.4. The first-order chi connectivity index (χ1) is 21.1. The molecule has 5 N–H and O–H groups in total. The van der Waals surface area contributed by atoms with Gasteiger partial charge in [0.2, 0.25) is 5.91 Å². The molecule has 0 aliphatic heterocycles. The summed E-state index contributed by atoms with van der Waals surface area (Å²) in [5.41, 5.74) is 0.904. The van der Waals surface area contributed by atoms with Crippen LogP contribution < -0.4 is 15.4 Å². The molecule has 17 heteroatoms.